The summed E-state index contributed by atoms with van der Waals surface area (Å²) in [5.74, 6) is 0.836. The third kappa shape index (κ3) is 2.74. The Morgan fingerprint density at radius 1 is 1.07 bits per heavy atom. The van der Waals surface area contributed by atoms with E-state index in [1.807, 2.05) is 0 Å². The van der Waals surface area contributed by atoms with Crippen LogP contribution in [0, 0.1) is 10.8 Å². The zero-order valence-electron chi connectivity index (χ0n) is 10.5. The lowest BCUT2D eigenvalue weighted by Gasteiger charge is -2.35. The summed E-state index contributed by atoms with van der Waals surface area (Å²) in [6.07, 6.45) is 0. The lowest BCUT2D eigenvalue weighted by molar-refractivity contribution is -0.126. The highest BCUT2D eigenvalue weighted by Crippen LogP contribution is 2.36. The molecule has 15 heavy (non-hydrogen) atoms. The van der Waals surface area contributed by atoms with E-state index in [1.54, 1.807) is 0 Å². The predicted molar refractivity (Wildman–Crippen MR) is 60.0 cm³/mol. The van der Waals surface area contributed by atoms with Gasteiger partial charge in [-0.15, -0.1) is 0 Å². The smallest absolute Gasteiger partial charge is 0.262 e. The molecule has 1 amide bonds. The second kappa shape index (κ2) is 3.54. The Kier molecular flexibility index (Phi) is 2.85. The van der Waals surface area contributed by atoms with Crippen LogP contribution in [0.15, 0.2) is 11.5 Å². The lowest BCUT2D eigenvalue weighted by Crippen LogP contribution is -2.41. The molecule has 0 spiro atoms. The van der Waals surface area contributed by atoms with Crippen molar-refractivity contribution in [2.24, 2.45) is 10.8 Å². The molecule has 1 aliphatic heterocycles. The molecule has 1 rings (SSSR count). The maximum absolute atomic E-state index is 11.3. The second-order valence-electron chi connectivity index (χ2n) is 6.04. The van der Waals surface area contributed by atoms with E-state index in [0.717, 1.165) is 11.5 Å². The first-order chi connectivity index (χ1) is 6.62. The standard InChI is InChI=1S/C12H21NO2/c1-11(2,3)9-10(12(4,5)6)15-7-8(14)13-9/h7H2,1-6H3,(H,13,14). The third-order valence-corrected chi connectivity index (χ3v) is 2.27. The Morgan fingerprint density at radius 3 is 2.00 bits per heavy atom. The minimum absolute atomic E-state index is 0.0621. The zero-order chi connectivity index (χ0) is 11.9. The first kappa shape index (κ1) is 12.1. The van der Waals surface area contributed by atoms with Crippen LogP contribution in [0.1, 0.15) is 41.5 Å². The molecule has 0 aliphatic carbocycles. The monoisotopic (exact) mass is 211 g/mol. The van der Waals surface area contributed by atoms with E-state index in [0.29, 0.717) is 0 Å². The van der Waals surface area contributed by atoms with Crippen LogP contribution in [0.5, 0.6) is 0 Å². The van der Waals surface area contributed by atoms with Gasteiger partial charge in [-0.25, -0.2) is 0 Å². The largest absolute Gasteiger partial charge is 0.486 e. The van der Waals surface area contributed by atoms with Crippen molar-refractivity contribution in [2.45, 2.75) is 41.5 Å². The molecule has 1 aliphatic rings. The van der Waals surface area contributed by atoms with Gasteiger partial charge in [-0.1, -0.05) is 41.5 Å². The van der Waals surface area contributed by atoms with Gasteiger partial charge in [0.25, 0.3) is 5.91 Å². The molecular formula is C12H21NO2. The van der Waals surface area contributed by atoms with Crippen molar-refractivity contribution in [2.75, 3.05) is 6.61 Å². The first-order valence-corrected chi connectivity index (χ1v) is 5.30. The molecule has 0 saturated heterocycles. The molecular weight excluding hydrogens is 190 g/mol. The molecule has 0 aromatic carbocycles. The summed E-state index contributed by atoms with van der Waals surface area (Å²) in [7, 11) is 0. The van der Waals surface area contributed by atoms with Gasteiger partial charge >= 0.3 is 0 Å². The number of allylic oxidation sites excluding steroid dienone is 2. The van der Waals surface area contributed by atoms with E-state index in [-0.39, 0.29) is 23.3 Å². The number of ether oxygens (including phenoxy) is 1. The van der Waals surface area contributed by atoms with Gasteiger partial charge in [0.05, 0.1) is 5.70 Å². The topological polar surface area (TPSA) is 38.3 Å². The number of amides is 1. The maximum atomic E-state index is 11.3. The van der Waals surface area contributed by atoms with Crippen molar-refractivity contribution in [1.82, 2.24) is 5.32 Å². The Hall–Kier alpha value is -0.990. The molecule has 1 N–H and O–H groups in total. The van der Waals surface area contributed by atoms with E-state index in [1.165, 1.54) is 0 Å². The molecule has 0 saturated carbocycles. The van der Waals surface area contributed by atoms with Gasteiger partial charge < -0.3 is 10.1 Å². The number of hydrogen-bond donors (Lipinski definition) is 1. The van der Waals surface area contributed by atoms with Gasteiger partial charge in [-0.3, -0.25) is 4.79 Å². The predicted octanol–water partition coefficient (Wildman–Crippen LogP) is 2.44. The van der Waals surface area contributed by atoms with E-state index < -0.39 is 0 Å². The average Bonchev–Trinajstić information content (AvgIpc) is 2.00. The summed E-state index contributed by atoms with van der Waals surface area (Å²) in [5, 5.41) is 2.93. The molecule has 0 bridgehead atoms. The molecule has 0 aromatic rings. The average molecular weight is 211 g/mol. The molecule has 0 unspecified atom stereocenters. The van der Waals surface area contributed by atoms with Crippen LogP contribution >= 0.6 is 0 Å². The number of rotatable bonds is 0. The van der Waals surface area contributed by atoms with Gasteiger partial charge in [0.15, 0.2) is 6.61 Å². The summed E-state index contributed by atoms with van der Waals surface area (Å²) >= 11 is 0. The van der Waals surface area contributed by atoms with Crippen molar-refractivity contribution in [3.63, 3.8) is 0 Å². The molecule has 1 heterocycles. The number of carbonyl (C=O) groups excluding carboxylic acids is 1. The van der Waals surface area contributed by atoms with Crippen LogP contribution in [0.4, 0.5) is 0 Å². The van der Waals surface area contributed by atoms with Gasteiger partial charge in [-0.2, -0.15) is 0 Å². The highest BCUT2D eigenvalue weighted by molar-refractivity contribution is 5.80. The van der Waals surface area contributed by atoms with Crippen molar-refractivity contribution < 1.29 is 9.53 Å². The molecule has 0 radical (unpaired) electrons. The number of hydrogen-bond acceptors (Lipinski definition) is 2. The Balaban J connectivity index is 3.19. The summed E-state index contributed by atoms with van der Waals surface area (Å²) in [4.78, 5) is 11.3. The van der Waals surface area contributed by atoms with Gasteiger partial charge in [0.1, 0.15) is 5.76 Å². The normalized spacial score (nSPS) is 18.7. The van der Waals surface area contributed by atoms with E-state index in [9.17, 15) is 4.79 Å². The highest BCUT2D eigenvalue weighted by atomic mass is 16.5. The fourth-order valence-corrected chi connectivity index (χ4v) is 1.56. The van der Waals surface area contributed by atoms with Crippen LogP contribution in [0.2, 0.25) is 0 Å². The summed E-state index contributed by atoms with van der Waals surface area (Å²) in [6.45, 7) is 12.6. The van der Waals surface area contributed by atoms with Crippen molar-refractivity contribution in [3.8, 4) is 0 Å². The fourth-order valence-electron chi connectivity index (χ4n) is 1.56. The van der Waals surface area contributed by atoms with Gasteiger partial charge in [0.2, 0.25) is 0 Å². The molecule has 3 nitrogen and oxygen atoms in total. The van der Waals surface area contributed by atoms with Gasteiger partial charge in [-0.05, 0) is 0 Å². The van der Waals surface area contributed by atoms with Crippen LogP contribution in [0.25, 0.3) is 0 Å². The lowest BCUT2D eigenvalue weighted by atomic mass is 9.83. The van der Waals surface area contributed by atoms with Crippen molar-refractivity contribution in [1.29, 1.82) is 0 Å². The van der Waals surface area contributed by atoms with Crippen molar-refractivity contribution >= 4 is 5.91 Å². The minimum Gasteiger partial charge on any atom is -0.486 e. The fraction of sp³-hybridized carbons (Fsp3) is 0.750. The van der Waals surface area contributed by atoms with Crippen LogP contribution in [-0.4, -0.2) is 12.5 Å². The number of carbonyl (C=O) groups is 1. The summed E-state index contributed by atoms with van der Waals surface area (Å²) in [6, 6.07) is 0. The van der Waals surface area contributed by atoms with Gasteiger partial charge in [0, 0.05) is 10.8 Å². The van der Waals surface area contributed by atoms with Crippen molar-refractivity contribution in [3.05, 3.63) is 11.5 Å². The number of nitrogens with one attached hydrogen (secondary N) is 1. The van der Waals surface area contributed by atoms with Crippen LogP contribution < -0.4 is 5.32 Å². The Morgan fingerprint density at radius 2 is 1.60 bits per heavy atom. The third-order valence-electron chi connectivity index (χ3n) is 2.27. The Labute approximate surface area is 91.9 Å². The van der Waals surface area contributed by atoms with Crippen LogP contribution in [-0.2, 0) is 9.53 Å². The second-order valence-corrected chi connectivity index (χ2v) is 6.04. The molecule has 0 aromatic heterocycles. The van der Waals surface area contributed by atoms with E-state index >= 15 is 0 Å². The van der Waals surface area contributed by atoms with Crippen LogP contribution in [0.3, 0.4) is 0 Å². The summed E-state index contributed by atoms with van der Waals surface area (Å²) in [5.41, 5.74) is 0.737. The Bertz CT molecular complexity index is 303. The zero-order valence-corrected chi connectivity index (χ0v) is 10.5. The quantitative estimate of drug-likeness (QED) is 0.668. The summed E-state index contributed by atoms with van der Waals surface area (Å²) < 4.78 is 5.56. The molecule has 3 heteroatoms. The van der Waals surface area contributed by atoms with E-state index in [2.05, 4.69) is 46.9 Å². The molecule has 0 fully saturated rings. The minimum atomic E-state index is -0.0985. The molecule has 0 atom stereocenters. The first-order valence-electron chi connectivity index (χ1n) is 5.30. The maximum Gasteiger partial charge on any atom is 0.262 e. The molecule has 86 valence electrons. The SMILES string of the molecule is CC(C)(C)C1=C(C(C)(C)C)OCC(=O)N1. The van der Waals surface area contributed by atoms with E-state index in [4.69, 9.17) is 4.74 Å². The highest BCUT2D eigenvalue weighted by Gasteiger charge is 2.34.